The lowest BCUT2D eigenvalue weighted by molar-refractivity contribution is 0.0971. The number of carbonyl (C=O) groups excluding carboxylic acids is 1. The third-order valence-electron chi connectivity index (χ3n) is 5.73. The Morgan fingerprint density at radius 2 is 1.84 bits per heavy atom. The van der Waals surface area contributed by atoms with E-state index in [0.29, 0.717) is 27.2 Å². The van der Waals surface area contributed by atoms with Gasteiger partial charge in [0.25, 0.3) is 5.91 Å². The predicted molar refractivity (Wildman–Crippen MR) is 122 cm³/mol. The fraction of sp³-hybridized carbons (Fsp3) is 0.120. The molecule has 0 saturated heterocycles. The largest absolute Gasteiger partial charge is 0.504 e. The van der Waals surface area contributed by atoms with Gasteiger partial charge in [-0.05, 0) is 54.4 Å². The normalized spacial score (nSPS) is 15.3. The Labute approximate surface area is 188 Å². The SMILES string of the molecule is COc1cc(C2c3c(oc4ccccc4c3=O)C(=O)N2c2ccc(C)c(Cl)c2)ccc1O. The van der Waals surface area contributed by atoms with Crippen LogP contribution in [-0.4, -0.2) is 18.1 Å². The Morgan fingerprint density at radius 1 is 1.06 bits per heavy atom. The van der Waals surface area contributed by atoms with Crippen LogP contribution in [0.4, 0.5) is 5.69 Å². The highest BCUT2D eigenvalue weighted by atomic mass is 35.5. The first-order valence-electron chi connectivity index (χ1n) is 9.93. The molecule has 0 radical (unpaired) electrons. The van der Waals surface area contributed by atoms with E-state index in [-0.39, 0.29) is 28.3 Å². The van der Waals surface area contributed by atoms with E-state index in [1.54, 1.807) is 48.5 Å². The summed E-state index contributed by atoms with van der Waals surface area (Å²) in [5.41, 5.74) is 2.27. The molecule has 32 heavy (non-hydrogen) atoms. The van der Waals surface area contributed by atoms with Crippen LogP contribution in [0.5, 0.6) is 11.5 Å². The molecule has 0 fully saturated rings. The van der Waals surface area contributed by atoms with Crippen LogP contribution in [0.25, 0.3) is 11.0 Å². The maximum atomic E-state index is 13.6. The Kier molecular flexibility index (Phi) is 4.68. The molecule has 0 bridgehead atoms. The van der Waals surface area contributed by atoms with Crippen LogP contribution in [0.15, 0.2) is 69.9 Å². The van der Waals surface area contributed by atoms with Gasteiger partial charge in [0.05, 0.1) is 24.1 Å². The first-order chi connectivity index (χ1) is 15.4. The van der Waals surface area contributed by atoms with Crippen LogP contribution in [0, 0.1) is 6.92 Å². The van der Waals surface area contributed by atoms with E-state index in [4.69, 9.17) is 20.8 Å². The summed E-state index contributed by atoms with van der Waals surface area (Å²) in [4.78, 5) is 28.6. The van der Waals surface area contributed by atoms with E-state index in [1.807, 2.05) is 13.0 Å². The van der Waals surface area contributed by atoms with Crippen molar-refractivity contribution in [2.24, 2.45) is 0 Å². The zero-order valence-corrected chi connectivity index (χ0v) is 18.0. The molecule has 7 heteroatoms. The highest BCUT2D eigenvalue weighted by Crippen LogP contribution is 2.43. The van der Waals surface area contributed by atoms with Crippen molar-refractivity contribution in [1.82, 2.24) is 0 Å². The number of aryl methyl sites for hydroxylation is 1. The van der Waals surface area contributed by atoms with Crippen LogP contribution in [0.3, 0.4) is 0 Å². The zero-order chi connectivity index (χ0) is 22.6. The van der Waals surface area contributed by atoms with Gasteiger partial charge in [-0.1, -0.05) is 35.9 Å². The average Bonchev–Trinajstić information content (AvgIpc) is 3.09. The quantitative estimate of drug-likeness (QED) is 0.465. The molecule has 4 aromatic rings. The van der Waals surface area contributed by atoms with Gasteiger partial charge in [-0.2, -0.15) is 0 Å². The molecule has 160 valence electrons. The summed E-state index contributed by atoms with van der Waals surface area (Å²) in [7, 11) is 1.44. The number of nitrogens with zero attached hydrogens (tertiary/aromatic N) is 1. The fourth-order valence-electron chi connectivity index (χ4n) is 4.10. The van der Waals surface area contributed by atoms with Gasteiger partial charge >= 0.3 is 0 Å². The summed E-state index contributed by atoms with van der Waals surface area (Å²) in [5, 5.41) is 11.0. The van der Waals surface area contributed by atoms with E-state index in [9.17, 15) is 14.7 Å². The number of aromatic hydroxyl groups is 1. The second-order valence-corrected chi connectivity index (χ2v) is 8.02. The highest BCUT2D eigenvalue weighted by Gasteiger charge is 2.44. The van der Waals surface area contributed by atoms with Gasteiger partial charge in [0.15, 0.2) is 16.9 Å². The molecular weight excluding hydrogens is 430 g/mol. The molecule has 1 aliphatic rings. The molecule has 5 rings (SSSR count). The minimum atomic E-state index is -0.786. The van der Waals surface area contributed by atoms with Crippen LogP contribution >= 0.6 is 11.6 Å². The lowest BCUT2D eigenvalue weighted by Gasteiger charge is -2.26. The first kappa shape index (κ1) is 20.2. The predicted octanol–water partition coefficient (Wildman–Crippen LogP) is 5.22. The molecule has 6 nitrogen and oxygen atoms in total. The maximum absolute atomic E-state index is 13.6. The summed E-state index contributed by atoms with van der Waals surface area (Å²) in [5.74, 6) is -0.269. The van der Waals surface area contributed by atoms with Gasteiger partial charge in [0, 0.05) is 10.7 Å². The minimum Gasteiger partial charge on any atom is -0.504 e. The standard InChI is InChI=1S/C25H18ClNO5/c1-13-7-9-15(12-17(13)26)27-22(14-8-10-18(28)20(11-14)31-2)21-23(29)16-5-3-4-6-19(16)32-24(21)25(27)30/h3-12,22,28H,1-2H3. The van der Waals surface area contributed by atoms with Crippen molar-refractivity contribution in [3.63, 3.8) is 0 Å². The molecule has 1 N–H and O–H groups in total. The molecule has 3 aromatic carbocycles. The topological polar surface area (TPSA) is 80.0 Å². The molecule has 0 spiro atoms. The Balaban J connectivity index is 1.82. The summed E-state index contributed by atoms with van der Waals surface area (Å²) in [6.07, 6.45) is 0. The number of ether oxygens (including phenoxy) is 1. The van der Waals surface area contributed by atoms with Gasteiger partial charge in [0.2, 0.25) is 5.76 Å². The van der Waals surface area contributed by atoms with Crippen molar-refractivity contribution in [1.29, 1.82) is 0 Å². The molecule has 0 aliphatic carbocycles. The van der Waals surface area contributed by atoms with Gasteiger partial charge in [0.1, 0.15) is 5.58 Å². The van der Waals surface area contributed by atoms with E-state index in [0.717, 1.165) is 5.56 Å². The maximum Gasteiger partial charge on any atom is 0.295 e. The monoisotopic (exact) mass is 447 g/mol. The molecular formula is C25H18ClNO5. The number of carbonyl (C=O) groups is 1. The van der Waals surface area contributed by atoms with E-state index < -0.39 is 11.9 Å². The van der Waals surface area contributed by atoms with Gasteiger partial charge < -0.3 is 14.3 Å². The lowest BCUT2D eigenvalue weighted by atomic mass is 9.97. The average molecular weight is 448 g/mol. The summed E-state index contributed by atoms with van der Waals surface area (Å²) in [6, 6.07) is 16.1. The van der Waals surface area contributed by atoms with E-state index >= 15 is 0 Å². The number of halogens is 1. The third-order valence-corrected chi connectivity index (χ3v) is 6.14. The number of amides is 1. The molecule has 1 atom stereocenters. The van der Waals surface area contributed by atoms with Crippen LogP contribution < -0.4 is 15.1 Å². The minimum absolute atomic E-state index is 0.0116. The summed E-state index contributed by atoms with van der Waals surface area (Å²) < 4.78 is 11.2. The number of rotatable bonds is 3. The van der Waals surface area contributed by atoms with Gasteiger partial charge in [-0.25, -0.2) is 0 Å². The van der Waals surface area contributed by atoms with Gasteiger partial charge in [-0.15, -0.1) is 0 Å². The fourth-order valence-corrected chi connectivity index (χ4v) is 4.27. The number of phenols is 1. The van der Waals surface area contributed by atoms with Gasteiger partial charge in [-0.3, -0.25) is 14.5 Å². The van der Waals surface area contributed by atoms with Crippen molar-refractivity contribution >= 4 is 34.2 Å². The van der Waals surface area contributed by atoms with Crippen LogP contribution in [0.2, 0.25) is 5.02 Å². The van der Waals surface area contributed by atoms with Crippen molar-refractivity contribution in [2.75, 3.05) is 12.0 Å². The second-order valence-electron chi connectivity index (χ2n) is 7.61. The smallest absolute Gasteiger partial charge is 0.295 e. The molecule has 1 amide bonds. The third kappa shape index (κ3) is 2.95. The number of hydrogen-bond acceptors (Lipinski definition) is 5. The number of hydrogen-bond donors (Lipinski definition) is 1. The zero-order valence-electron chi connectivity index (χ0n) is 17.3. The van der Waals surface area contributed by atoms with Crippen molar-refractivity contribution in [3.8, 4) is 11.5 Å². The summed E-state index contributed by atoms with van der Waals surface area (Å²) in [6.45, 7) is 1.87. The highest BCUT2D eigenvalue weighted by molar-refractivity contribution is 6.31. The van der Waals surface area contributed by atoms with E-state index in [2.05, 4.69) is 0 Å². The van der Waals surface area contributed by atoms with E-state index in [1.165, 1.54) is 18.1 Å². The van der Waals surface area contributed by atoms with Crippen LogP contribution in [-0.2, 0) is 0 Å². The Bertz CT molecular complexity index is 1460. The number of phenolic OH excluding ortho intramolecular Hbond substituents is 1. The lowest BCUT2D eigenvalue weighted by Crippen LogP contribution is -2.29. The number of para-hydroxylation sites is 1. The van der Waals surface area contributed by atoms with Crippen molar-refractivity contribution in [3.05, 3.63) is 98.4 Å². The second kappa shape index (κ2) is 7.43. The number of methoxy groups -OCH3 is 1. The van der Waals surface area contributed by atoms with Crippen molar-refractivity contribution < 1.29 is 19.1 Å². The number of anilines is 1. The summed E-state index contributed by atoms with van der Waals surface area (Å²) >= 11 is 6.35. The first-order valence-corrected chi connectivity index (χ1v) is 10.3. The number of fused-ring (bicyclic) bond motifs is 2. The number of benzene rings is 3. The van der Waals surface area contributed by atoms with Crippen LogP contribution in [0.1, 0.15) is 33.3 Å². The molecule has 0 saturated carbocycles. The Morgan fingerprint density at radius 3 is 2.59 bits per heavy atom. The molecule has 1 aromatic heterocycles. The Hall–Kier alpha value is -3.77. The molecule has 1 unspecified atom stereocenters. The van der Waals surface area contributed by atoms with Crippen molar-refractivity contribution in [2.45, 2.75) is 13.0 Å². The molecule has 1 aliphatic heterocycles. The molecule has 2 heterocycles.